The van der Waals surface area contributed by atoms with Crippen molar-refractivity contribution in [2.75, 3.05) is 11.9 Å². The zero-order valence-electron chi connectivity index (χ0n) is 10.8. The maximum atomic E-state index is 12.8. The molecule has 0 aliphatic carbocycles. The molecule has 0 atom stereocenters. The van der Waals surface area contributed by atoms with Gasteiger partial charge in [-0.2, -0.15) is 0 Å². The molecule has 3 nitrogen and oxygen atoms in total. The number of hydrogen-bond donors (Lipinski definition) is 1. The predicted octanol–water partition coefficient (Wildman–Crippen LogP) is 3.01. The number of aryl methyl sites for hydroxylation is 3. The van der Waals surface area contributed by atoms with Gasteiger partial charge < -0.3 is 9.88 Å². The van der Waals surface area contributed by atoms with Gasteiger partial charge in [0.25, 0.3) is 0 Å². The summed E-state index contributed by atoms with van der Waals surface area (Å²) >= 11 is 0. The van der Waals surface area contributed by atoms with E-state index in [0.717, 1.165) is 36.7 Å². The van der Waals surface area contributed by atoms with E-state index in [0.29, 0.717) is 0 Å². The third-order valence-electron chi connectivity index (χ3n) is 2.79. The monoisotopic (exact) mass is 247 g/mol. The van der Waals surface area contributed by atoms with Crippen LogP contribution in [0, 0.1) is 12.7 Å². The molecule has 18 heavy (non-hydrogen) atoms. The van der Waals surface area contributed by atoms with Crippen LogP contribution >= 0.6 is 0 Å². The molecule has 0 unspecified atom stereocenters. The summed E-state index contributed by atoms with van der Waals surface area (Å²) in [7, 11) is 0. The summed E-state index contributed by atoms with van der Waals surface area (Å²) in [5.41, 5.74) is 2.13. The SMILES string of the molecule is CCNc1nc(C)cn1CCc1ccc(F)cc1. The Hall–Kier alpha value is -1.84. The minimum atomic E-state index is -0.189. The highest BCUT2D eigenvalue weighted by Crippen LogP contribution is 2.11. The van der Waals surface area contributed by atoms with Crippen LogP contribution in [0.1, 0.15) is 18.2 Å². The fourth-order valence-corrected chi connectivity index (χ4v) is 1.92. The number of halogens is 1. The number of imidazole rings is 1. The van der Waals surface area contributed by atoms with Gasteiger partial charge in [-0.1, -0.05) is 12.1 Å². The molecular formula is C14H18FN3. The second-order valence-corrected chi connectivity index (χ2v) is 4.31. The molecule has 0 bridgehead atoms. The molecule has 1 aromatic carbocycles. The lowest BCUT2D eigenvalue weighted by molar-refractivity contribution is 0.625. The molecule has 1 aromatic heterocycles. The van der Waals surface area contributed by atoms with Crippen molar-refractivity contribution in [2.24, 2.45) is 0 Å². The molecule has 96 valence electrons. The van der Waals surface area contributed by atoms with Gasteiger partial charge in [0.2, 0.25) is 5.95 Å². The first-order chi connectivity index (χ1) is 8.69. The van der Waals surface area contributed by atoms with Crippen molar-refractivity contribution < 1.29 is 4.39 Å². The van der Waals surface area contributed by atoms with Crippen LogP contribution < -0.4 is 5.32 Å². The first-order valence-corrected chi connectivity index (χ1v) is 6.21. The largest absolute Gasteiger partial charge is 0.356 e. The molecule has 2 rings (SSSR count). The Balaban J connectivity index is 2.03. The summed E-state index contributed by atoms with van der Waals surface area (Å²) in [6.45, 7) is 5.73. The van der Waals surface area contributed by atoms with Gasteiger partial charge in [-0.05, 0) is 38.0 Å². The summed E-state index contributed by atoms with van der Waals surface area (Å²) in [5, 5.41) is 3.23. The molecule has 0 aliphatic rings. The number of nitrogens with zero attached hydrogens (tertiary/aromatic N) is 2. The van der Waals surface area contributed by atoms with Crippen LogP contribution in [0.15, 0.2) is 30.5 Å². The minimum Gasteiger partial charge on any atom is -0.356 e. The molecular weight excluding hydrogens is 229 g/mol. The van der Waals surface area contributed by atoms with Crippen LogP contribution in [0.4, 0.5) is 10.3 Å². The lowest BCUT2D eigenvalue weighted by atomic mass is 10.1. The van der Waals surface area contributed by atoms with Crippen LogP contribution in [-0.2, 0) is 13.0 Å². The van der Waals surface area contributed by atoms with E-state index in [-0.39, 0.29) is 5.82 Å². The molecule has 0 fully saturated rings. The molecule has 0 amide bonds. The van der Waals surface area contributed by atoms with Gasteiger partial charge in [0.1, 0.15) is 5.82 Å². The van der Waals surface area contributed by atoms with Gasteiger partial charge in [-0.15, -0.1) is 0 Å². The topological polar surface area (TPSA) is 29.9 Å². The third-order valence-corrected chi connectivity index (χ3v) is 2.79. The lowest BCUT2D eigenvalue weighted by Gasteiger charge is -2.08. The van der Waals surface area contributed by atoms with Crippen molar-refractivity contribution in [1.82, 2.24) is 9.55 Å². The summed E-state index contributed by atoms with van der Waals surface area (Å²) < 4.78 is 14.9. The van der Waals surface area contributed by atoms with Gasteiger partial charge >= 0.3 is 0 Å². The van der Waals surface area contributed by atoms with Gasteiger partial charge in [0, 0.05) is 19.3 Å². The van der Waals surface area contributed by atoms with Gasteiger partial charge in [-0.25, -0.2) is 9.37 Å². The number of rotatable bonds is 5. The minimum absolute atomic E-state index is 0.189. The van der Waals surface area contributed by atoms with E-state index in [9.17, 15) is 4.39 Å². The highest BCUT2D eigenvalue weighted by Gasteiger charge is 2.04. The Bertz CT molecular complexity index is 502. The van der Waals surface area contributed by atoms with Crippen LogP contribution in [0.5, 0.6) is 0 Å². The van der Waals surface area contributed by atoms with Crippen LogP contribution in [-0.4, -0.2) is 16.1 Å². The molecule has 0 saturated carbocycles. The van der Waals surface area contributed by atoms with E-state index >= 15 is 0 Å². The van der Waals surface area contributed by atoms with E-state index < -0.39 is 0 Å². The standard InChI is InChI=1S/C14H18FN3/c1-3-16-14-17-11(2)10-18(14)9-8-12-4-6-13(15)7-5-12/h4-7,10H,3,8-9H2,1-2H3,(H,16,17). The number of nitrogens with one attached hydrogen (secondary N) is 1. The Morgan fingerprint density at radius 1 is 1.28 bits per heavy atom. The highest BCUT2D eigenvalue weighted by molar-refractivity contribution is 5.28. The summed E-state index contributed by atoms with van der Waals surface area (Å²) in [5.74, 6) is 0.711. The molecule has 0 radical (unpaired) electrons. The van der Waals surface area contributed by atoms with Crippen LogP contribution in [0.2, 0.25) is 0 Å². The molecule has 2 aromatic rings. The molecule has 1 N–H and O–H groups in total. The normalized spacial score (nSPS) is 10.6. The summed E-state index contributed by atoms with van der Waals surface area (Å²) in [6.07, 6.45) is 2.90. The van der Waals surface area contributed by atoms with Crippen molar-refractivity contribution >= 4 is 5.95 Å². The van der Waals surface area contributed by atoms with Crippen molar-refractivity contribution in [1.29, 1.82) is 0 Å². The molecule has 0 spiro atoms. The highest BCUT2D eigenvalue weighted by atomic mass is 19.1. The smallest absolute Gasteiger partial charge is 0.203 e. The van der Waals surface area contributed by atoms with Crippen LogP contribution in [0.3, 0.4) is 0 Å². The second kappa shape index (κ2) is 5.67. The molecule has 0 aliphatic heterocycles. The van der Waals surface area contributed by atoms with E-state index in [4.69, 9.17) is 0 Å². The van der Waals surface area contributed by atoms with E-state index in [1.54, 1.807) is 0 Å². The van der Waals surface area contributed by atoms with E-state index in [1.165, 1.54) is 12.1 Å². The number of anilines is 1. The Morgan fingerprint density at radius 2 is 2.00 bits per heavy atom. The number of aromatic nitrogens is 2. The van der Waals surface area contributed by atoms with Crippen molar-refractivity contribution in [3.8, 4) is 0 Å². The molecule has 1 heterocycles. The Kier molecular flexibility index (Phi) is 3.97. The van der Waals surface area contributed by atoms with Crippen molar-refractivity contribution in [2.45, 2.75) is 26.8 Å². The number of hydrogen-bond acceptors (Lipinski definition) is 2. The first-order valence-electron chi connectivity index (χ1n) is 6.21. The first kappa shape index (κ1) is 12.6. The maximum absolute atomic E-state index is 12.8. The van der Waals surface area contributed by atoms with Gasteiger partial charge in [0.05, 0.1) is 5.69 Å². The summed E-state index contributed by atoms with van der Waals surface area (Å²) in [4.78, 5) is 4.42. The lowest BCUT2D eigenvalue weighted by Crippen LogP contribution is -2.08. The predicted molar refractivity (Wildman–Crippen MR) is 71.2 cm³/mol. The average Bonchev–Trinajstić information content (AvgIpc) is 2.70. The molecule has 4 heteroatoms. The second-order valence-electron chi connectivity index (χ2n) is 4.31. The molecule has 0 saturated heterocycles. The van der Waals surface area contributed by atoms with Crippen LogP contribution in [0.25, 0.3) is 0 Å². The van der Waals surface area contributed by atoms with E-state index in [2.05, 4.69) is 14.9 Å². The van der Waals surface area contributed by atoms with Crippen molar-refractivity contribution in [3.05, 3.63) is 47.5 Å². The quantitative estimate of drug-likeness (QED) is 0.880. The number of benzene rings is 1. The van der Waals surface area contributed by atoms with Crippen molar-refractivity contribution in [3.63, 3.8) is 0 Å². The maximum Gasteiger partial charge on any atom is 0.203 e. The average molecular weight is 247 g/mol. The Labute approximate surface area is 107 Å². The Morgan fingerprint density at radius 3 is 2.67 bits per heavy atom. The third kappa shape index (κ3) is 3.09. The fraction of sp³-hybridized carbons (Fsp3) is 0.357. The fourth-order valence-electron chi connectivity index (χ4n) is 1.92. The zero-order valence-corrected chi connectivity index (χ0v) is 10.8. The summed E-state index contributed by atoms with van der Waals surface area (Å²) in [6, 6.07) is 6.65. The zero-order chi connectivity index (χ0) is 13.0. The van der Waals surface area contributed by atoms with E-state index in [1.807, 2.05) is 32.2 Å². The van der Waals surface area contributed by atoms with Gasteiger partial charge in [0.15, 0.2) is 0 Å². The van der Waals surface area contributed by atoms with Gasteiger partial charge in [-0.3, -0.25) is 0 Å².